The molecule has 0 saturated carbocycles. The molecule has 1 heterocycles. The lowest BCUT2D eigenvalue weighted by atomic mass is 10.2. The van der Waals surface area contributed by atoms with Crippen LogP contribution in [-0.4, -0.2) is 22.4 Å². The summed E-state index contributed by atoms with van der Waals surface area (Å²) < 4.78 is 7.49. The van der Waals surface area contributed by atoms with Gasteiger partial charge in [0.1, 0.15) is 0 Å². The molecule has 0 amide bonds. The summed E-state index contributed by atoms with van der Waals surface area (Å²) in [5, 5.41) is 4.78. The number of hydrogen-bond donors (Lipinski definition) is 0. The standard InChI is InChI=1S/C13H12BrClN2O2/c1-2-19-13(18)10-6-16-17(8-10)7-9-3-4-11(14)5-12(9)15/h3-6,8H,2,7H2,1H3. The number of nitrogens with zero attached hydrogens (tertiary/aromatic N) is 2. The summed E-state index contributed by atoms with van der Waals surface area (Å²) in [6.45, 7) is 2.62. The van der Waals surface area contributed by atoms with Crippen molar-refractivity contribution in [2.45, 2.75) is 13.5 Å². The van der Waals surface area contributed by atoms with Crippen LogP contribution in [0.25, 0.3) is 0 Å². The summed E-state index contributed by atoms with van der Waals surface area (Å²) >= 11 is 9.49. The summed E-state index contributed by atoms with van der Waals surface area (Å²) in [5.74, 6) is -0.365. The van der Waals surface area contributed by atoms with Crippen molar-refractivity contribution in [2.24, 2.45) is 0 Å². The van der Waals surface area contributed by atoms with E-state index in [4.69, 9.17) is 16.3 Å². The van der Waals surface area contributed by atoms with E-state index in [0.29, 0.717) is 23.7 Å². The zero-order valence-corrected chi connectivity index (χ0v) is 12.6. The molecule has 0 N–H and O–H groups in total. The van der Waals surface area contributed by atoms with Crippen molar-refractivity contribution in [3.63, 3.8) is 0 Å². The smallest absolute Gasteiger partial charge is 0.341 e. The van der Waals surface area contributed by atoms with E-state index in [-0.39, 0.29) is 5.97 Å². The van der Waals surface area contributed by atoms with Gasteiger partial charge in [-0.2, -0.15) is 5.10 Å². The number of carbonyl (C=O) groups excluding carboxylic acids is 1. The van der Waals surface area contributed by atoms with Gasteiger partial charge in [0.25, 0.3) is 0 Å². The van der Waals surface area contributed by atoms with Crippen molar-refractivity contribution in [2.75, 3.05) is 6.61 Å². The van der Waals surface area contributed by atoms with Crippen molar-refractivity contribution in [3.05, 3.63) is 51.2 Å². The van der Waals surface area contributed by atoms with E-state index in [2.05, 4.69) is 21.0 Å². The van der Waals surface area contributed by atoms with Crippen LogP contribution in [0, 0.1) is 0 Å². The Balaban J connectivity index is 2.13. The molecule has 0 fully saturated rings. The molecule has 0 spiro atoms. The monoisotopic (exact) mass is 342 g/mol. The van der Waals surface area contributed by atoms with Gasteiger partial charge >= 0.3 is 5.97 Å². The molecule has 2 rings (SSSR count). The van der Waals surface area contributed by atoms with E-state index in [1.807, 2.05) is 18.2 Å². The molecule has 0 unspecified atom stereocenters. The first kappa shape index (κ1) is 14.1. The molecule has 100 valence electrons. The van der Waals surface area contributed by atoms with Crippen LogP contribution < -0.4 is 0 Å². The van der Waals surface area contributed by atoms with Crippen LogP contribution >= 0.6 is 27.5 Å². The lowest BCUT2D eigenvalue weighted by Gasteiger charge is -2.05. The molecule has 0 aliphatic carbocycles. The highest BCUT2D eigenvalue weighted by Gasteiger charge is 2.10. The zero-order chi connectivity index (χ0) is 13.8. The molecule has 19 heavy (non-hydrogen) atoms. The minimum Gasteiger partial charge on any atom is -0.462 e. The topological polar surface area (TPSA) is 44.1 Å². The second-order valence-electron chi connectivity index (χ2n) is 3.88. The Morgan fingerprint density at radius 1 is 1.53 bits per heavy atom. The van der Waals surface area contributed by atoms with Gasteiger partial charge < -0.3 is 4.74 Å². The van der Waals surface area contributed by atoms with Crippen LogP contribution in [0.2, 0.25) is 5.02 Å². The molecule has 2 aromatic rings. The average molecular weight is 344 g/mol. The maximum Gasteiger partial charge on any atom is 0.341 e. The molecule has 0 aliphatic rings. The number of hydrogen-bond acceptors (Lipinski definition) is 3. The molecule has 0 bridgehead atoms. The number of rotatable bonds is 4. The van der Waals surface area contributed by atoms with Gasteiger partial charge in [-0.15, -0.1) is 0 Å². The summed E-state index contributed by atoms with van der Waals surface area (Å²) in [5.41, 5.74) is 1.37. The van der Waals surface area contributed by atoms with Crippen LogP contribution in [0.15, 0.2) is 35.1 Å². The van der Waals surface area contributed by atoms with E-state index < -0.39 is 0 Å². The summed E-state index contributed by atoms with van der Waals surface area (Å²) in [6, 6.07) is 5.65. The summed E-state index contributed by atoms with van der Waals surface area (Å²) in [6.07, 6.45) is 3.14. The van der Waals surface area contributed by atoms with Crippen LogP contribution in [0.4, 0.5) is 0 Å². The van der Waals surface area contributed by atoms with Crippen LogP contribution in [0.3, 0.4) is 0 Å². The second-order valence-corrected chi connectivity index (χ2v) is 5.21. The van der Waals surface area contributed by atoms with Crippen LogP contribution in [0.1, 0.15) is 22.8 Å². The van der Waals surface area contributed by atoms with Gasteiger partial charge in [0, 0.05) is 15.7 Å². The largest absolute Gasteiger partial charge is 0.462 e. The van der Waals surface area contributed by atoms with E-state index in [0.717, 1.165) is 10.0 Å². The second kappa shape index (κ2) is 6.21. The van der Waals surface area contributed by atoms with Crippen molar-refractivity contribution in [1.82, 2.24) is 9.78 Å². The van der Waals surface area contributed by atoms with Gasteiger partial charge in [0.05, 0.1) is 24.9 Å². The Bertz CT molecular complexity index is 598. The number of halogens is 2. The number of carbonyl (C=O) groups is 1. The Morgan fingerprint density at radius 3 is 3.00 bits per heavy atom. The number of esters is 1. The van der Waals surface area contributed by atoms with Crippen molar-refractivity contribution < 1.29 is 9.53 Å². The molecule has 0 aliphatic heterocycles. The molecule has 0 atom stereocenters. The first-order valence-electron chi connectivity index (χ1n) is 5.73. The molecule has 0 radical (unpaired) electrons. The number of benzene rings is 1. The zero-order valence-electron chi connectivity index (χ0n) is 10.3. The average Bonchev–Trinajstić information content (AvgIpc) is 2.82. The van der Waals surface area contributed by atoms with Gasteiger partial charge in [-0.05, 0) is 24.6 Å². The van der Waals surface area contributed by atoms with Crippen LogP contribution in [0.5, 0.6) is 0 Å². The minimum atomic E-state index is -0.365. The summed E-state index contributed by atoms with van der Waals surface area (Å²) in [7, 11) is 0. The highest BCUT2D eigenvalue weighted by Crippen LogP contribution is 2.22. The van der Waals surface area contributed by atoms with Crippen molar-refractivity contribution in [1.29, 1.82) is 0 Å². The van der Waals surface area contributed by atoms with Gasteiger partial charge in [-0.3, -0.25) is 4.68 Å². The van der Waals surface area contributed by atoms with Crippen molar-refractivity contribution >= 4 is 33.5 Å². The molecular weight excluding hydrogens is 332 g/mol. The van der Waals surface area contributed by atoms with E-state index in [1.54, 1.807) is 17.8 Å². The normalized spacial score (nSPS) is 10.5. The predicted octanol–water partition coefficient (Wildman–Crippen LogP) is 3.52. The maximum atomic E-state index is 11.5. The van der Waals surface area contributed by atoms with E-state index >= 15 is 0 Å². The SMILES string of the molecule is CCOC(=O)c1cnn(Cc2ccc(Br)cc2Cl)c1. The molecule has 4 nitrogen and oxygen atoms in total. The first-order chi connectivity index (χ1) is 9.10. The maximum absolute atomic E-state index is 11.5. The summed E-state index contributed by atoms with van der Waals surface area (Å²) in [4.78, 5) is 11.5. The Kier molecular flexibility index (Phi) is 4.61. The molecule has 1 aromatic carbocycles. The highest BCUT2D eigenvalue weighted by atomic mass is 79.9. The third-order valence-corrected chi connectivity index (χ3v) is 3.34. The van der Waals surface area contributed by atoms with Gasteiger partial charge in [0.15, 0.2) is 0 Å². The highest BCUT2D eigenvalue weighted by molar-refractivity contribution is 9.10. The lowest BCUT2D eigenvalue weighted by Crippen LogP contribution is -2.04. The Morgan fingerprint density at radius 2 is 2.32 bits per heavy atom. The Hall–Kier alpha value is -1.33. The fourth-order valence-electron chi connectivity index (χ4n) is 1.59. The third kappa shape index (κ3) is 3.58. The molecule has 1 aromatic heterocycles. The fraction of sp³-hybridized carbons (Fsp3) is 0.231. The fourth-order valence-corrected chi connectivity index (χ4v) is 2.33. The van der Waals surface area contributed by atoms with E-state index in [1.165, 1.54) is 6.20 Å². The van der Waals surface area contributed by atoms with Gasteiger partial charge in [-0.1, -0.05) is 33.6 Å². The third-order valence-electron chi connectivity index (χ3n) is 2.49. The predicted molar refractivity (Wildman–Crippen MR) is 76.4 cm³/mol. The molecular formula is C13H12BrClN2O2. The van der Waals surface area contributed by atoms with Crippen molar-refractivity contribution in [3.8, 4) is 0 Å². The molecule has 6 heteroatoms. The Labute approximate surface area is 124 Å². The quantitative estimate of drug-likeness (QED) is 0.798. The van der Waals surface area contributed by atoms with Gasteiger partial charge in [-0.25, -0.2) is 4.79 Å². The number of ether oxygens (including phenoxy) is 1. The number of aromatic nitrogens is 2. The molecule has 0 saturated heterocycles. The minimum absolute atomic E-state index is 0.350. The first-order valence-corrected chi connectivity index (χ1v) is 6.90. The lowest BCUT2D eigenvalue weighted by molar-refractivity contribution is 0.0526. The van der Waals surface area contributed by atoms with Gasteiger partial charge in [0.2, 0.25) is 0 Å². The van der Waals surface area contributed by atoms with E-state index in [9.17, 15) is 4.79 Å². The van der Waals surface area contributed by atoms with Crippen LogP contribution in [-0.2, 0) is 11.3 Å².